The van der Waals surface area contributed by atoms with E-state index in [0.29, 0.717) is 5.56 Å². The molecule has 0 aliphatic heterocycles. The van der Waals surface area contributed by atoms with Gasteiger partial charge in [-0.2, -0.15) is 5.26 Å². The van der Waals surface area contributed by atoms with Crippen LogP contribution in [0, 0.1) is 11.3 Å². The monoisotopic (exact) mass is 588 g/mol. The van der Waals surface area contributed by atoms with E-state index in [1.165, 1.54) is 0 Å². The van der Waals surface area contributed by atoms with Crippen molar-refractivity contribution in [3.8, 4) is 40.0 Å². The molecule has 6 nitrogen and oxygen atoms in total. The lowest BCUT2D eigenvalue weighted by Gasteiger charge is -2.18. The van der Waals surface area contributed by atoms with Crippen molar-refractivity contribution in [2.75, 3.05) is 0 Å². The van der Waals surface area contributed by atoms with Crippen LogP contribution in [-0.4, -0.2) is 24.1 Å². The van der Waals surface area contributed by atoms with Crippen molar-refractivity contribution in [3.05, 3.63) is 152 Å². The number of nitrogens with zero attached hydrogens (tertiary/aromatic N) is 6. The van der Waals surface area contributed by atoms with E-state index in [-0.39, 0.29) is 0 Å². The van der Waals surface area contributed by atoms with Gasteiger partial charge in [-0.3, -0.25) is 9.97 Å². The molecule has 4 aromatic carbocycles. The number of aromatic nitrogens is 5. The lowest BCUT2D eigenvalue weighted by atomic mass is 10.0. The van der Waals surface area contributed by atoms with E-state index in [0.717, 1.165) is 77.5 Å². The number of benzene rings is 4. The van der Waals surface area contributed by atoms with E-state index in [9.17, 15) is 5.26 Å². The molecule has 0 amide bonds. The Morgan fingerprint density at radius 3 is 1.54 bits per heavy atom. The lowest BCUT2D eigenvalue weighted by Crippen LogP contribution is -2.05. The number of para-hydroxylation sites is 2. The first-order valence-corrected chi connectivity index (χ1v) is 15.1. The summed E-state index contributed by atoms with van der Waals surface area (Å²) in [6.45, 7) is 0. The van der Waals surface area contributed by atoms with Crippen LogP contribution >= 0.6 is 0 Å². The summed E-state index contributed by atoms with van der Waals surface area (Å²) >= 11 is 0. The molecule has 46 heavy (non-hydrogen) atoms. The van der Waals surface area contributed by atoms with Crippen LogP contribution in [0.25, 0.3) is 77.5 Å². The molecule has 5 aromatic heterocycles. The van der Waals surface area contributed by atoms with Crippen molar-refractivity contribution in [2.45, 2.75) is 0 Å². The molecular weight excluding hydrogens is 564 g/mol. The SMILES string of the molecule is N#Cc1c(-n2c3ccccc3c3ccncc32)cc(-c2cccc(-c3ccccc3)n2)cc1-n1c2ccccc2c2ccncc21. The summed E-state index contributed by atoms with van der Waals surface area (Å²) in [6, 6.07) is 43.7. The van der Waals surface area contributed by atoms with Crippen LogP contribution in [0.3, 0.4) is 0 Å². The molecule has 0 spiro atoms. The molecule has 0 N–H and O–H groups in total. The van der Waals surface area contributed by atoms with Gasteiger partial charge in [0.2, 0.25) is 0 Å². The van der Waals surface area contributed by atoms with Gasteiger partial charge in [0.25, 0.3) is 0 Å². The minimum absolute atomic E-state index is 0.543. The predicted molar refractivity (Wildman–Crippen MR) is 184 cm³/mol. The van der Waals surface area contributed by atoms with Gasteiger partial charge < -0.3 is 9.13 Å². The third-order valence-electron chi connectivity index (χ3n) is 8.76. The van der Waals surface area contributed by atoms with Gasteiger partial charge in [-0.05, 0) is 48.5 Å². The zero-order valence-corrected chi connectivity index (χ0v) is 24.5. The molecule has 0 aliphatic carbocycles. The fourth-order valence-electron chi connectivity index (χ4n) is 6.75. The van der Waals surface area contributed by atoms with Crippen LogP contribution in [0.15, 0.2) is 146 Å². The second-order valence-electron chi connectivity index (χ2n) is 11.3. The molecule has 9 aromatic rings. The van der Waals surface area contributed by atoms with Crippen molar-refractivity contribution in [3.63, 3.8) is 0 Å². The molecule has 0 saturated carbocycles. The minimum atomic E-state index is 0.543. The summed E-state index contributed by atoms with van der Waals surface area (Å²) in [4.78, 5) is 14.1. The number of pyridine rings is 3. The fraction of sp³-hybridized carbons (Fsp3) is 0. The molecule has 9 rings (SSSR count). The Balaban J connectivity index is 1.43. The van der Waals surface area contributed by atoms with Crippen LogP contribution in [0.1, 0.15) is 5.56 Å². The van der Waals surface area contributed by atoms with Crippen molar-refractivity contribution in [1.29, 1.82) is 5.26 Å². The summed E-state index contributed by atoms with van der Waals surface area (Å²) in [5, 5.41) is 15.4. The van der Waals surface area contributed by atoms with Crippen molar-refractivity contribution < 1.29 is 0 Å². The first-order chi connectivity index (χ1) is 22.8. The summed E-state index contributed by atoms with van der Waals surface area (Å²) in [6.07, 6.45) is 7.38. The molecule has 0 bridgehead atoms. The molecule has 214 valence electrons. The van der Waals surface area contributed by atoms with Gasteiger partial charge in [0.05, 0.1) is 57.2 Å². The highest BCUT2D eigenvalue weighted by molar-refractivity contribution is 6.10. The quantitative estimate of drug-likeness (QED) is 0.205. The highest BCUT2D eigenvalue weighted by Crippen LogP contribution is 2.39. The van der Waals surface area contributed by atoms with E-state index in [4.69, 9.17) is 4.98 Å². The zero-order valence-electron chi connectivity index (χ0n) is 24.5. The Bertz CT molecular complexity index is 2420. The second kappa shape index (κ2) is 10.3. The number of hydrogen-bond acceptors (Lipinski definition) is 4. The highest BCUT2D eigenvalue weighted by atomic mass is 15.0. The average Bonchev–Trinajstić information content (AvgIpc) is 3.64. The maximum Gasteiger partial charge on any atom is 0.104 e. The maximum absolute atomic E-state index is 11.0. The summed E-state index contributed by atoms with van der Waals surface area (Å²) < 4.78 is 4.33. The molecule has 0 saturated heterocycles. The minimum Gasteiger partial charge on any atom is -0.306 e. The smallest absolute Gasteiger partial charge is 0.104 e. The predicted octanol–water partition coefficient (Wildman–Crippen LogP) is 9.27. The highest BCUT2D eigenvalue weighted by Gasteiger charge is 2.22. The molecule has 0 radical (unpaired) electrons. The molecule has 5 heterocycles. The van der Waals surface area contributed by atoms with Crippen LogP contribution in [0.5, 0.6) is 0 Å². The van der Waals surface area contributed by atoms with Crippen molar-refractivity contribution in [2.24, 2.45) is 0 Å². The molecular formula is C40H24N6. The van der Waals surface area contributed by atoms with Crippen molar-refractivity contribution >= 4 is 43.6 Å². The van der Waals surface area contributed by atoms with E-state index < -0.39 is 0 Å². The van der Waals surface area contributed by atoms with E-state index >= 15 is 0 Å². The van der Waals surface area contributed by atoms with Crippen molar-refractivity contribution in [1.82, 2.24) is 24.1 Å². The summed E-state index contributed by atoms with van der Waals surface area (Å²) in [5.74, 6) is 0. The Morgan fingerprint density at radius 1 is 0.478 bits per heavy atom. The molecule has 0 fully saturated rings. The van der Waals surface area contributed by atoms with Gasteiger partial charge >= 0.3 is 0 Å². The second-order valence-corrected chi connectivity index (χ2v) is 11.3. The fourth-order valence-corrected chi connectivity index (χ4v) is 6.75. The third kappa shape index (κ3) is 3.86. The van der Waals surface area contributed by atoms with Crippen LogP contribution in [0.4, 0.5) is 0 Å². The zero-order chi connectivity index (χ0) is 30.6. The number of hydrogen-bond donors (Lipinski definition) is 0. The van der Waals surface area contributed by atoms with Gasteiger partial charge in [0.1, 0.15) is 11.6 Å². The third-order valence-corrected chi connectivity index (χ3v) is 8.76. The van der Waals surface area contributed by atoms with Crippen LogP contribution < -0.4 is 0 Å². The normalized spacial score (nSPS) is 11.5. The number of rotatable bonds is 4. The maximum atomic E-state index is 11.0. The topological polar surface area (TPSA) is 72.3 Å². The largest absolute Gasteiger partial charge is 0.306 e. The van der Waals surface area contributed by atoms with Gasteiger partial charge in [0, 0.05) is 45.1 Å². The van der Waals surface area contributed by atoms with E-state index in [2.05, 4.69) is 73.7 Å². The van der Waals surface area contributed by atoms with E-state index in [1.54, 1.807) is 0 Å². The number of fused-ring (bicyclic) bond motifs is 6. The Labute approximate surface area is 264 Å². The standard InChI is InChI=1S/C40H24N6/c41-23-32-37(45-35-15-6-4-11-28(35)30-17-19-42-24-39(30)45)21-27(34-14-8-13-33(44-34)26-9-2-1-3-10-26)22-38(32)46-36-16-7-5-12-29(36)31-18-20-43-25-40(31)46/h1-22,24-25H. The first kappa shape index (κ1) is 25.9. The van der Waals surface area contributed by atoms with Crippen LogP contribution in [-0.2, 0) is 0 Å². The molecule has 0 aliphatic rings. The summed E-state index contributed by atoms with van der Waals surface area (Å²) in [7, 11) is 0. The van der Waals surface area contributed by atoms with Gasteiger partial charge in [-0.25, -0.2) is 4.98 Å². The Hall–Kier alpha value is -6.58. The molecule has 6 heteroatoms. The Morgan fingerprint density at radius 2 is 0.978 bits per heavy atom. The number of nitriles is 1. The van der Waals surface area contributed by atoms with E-state index in [1.807, 2.05) is 97.6 Å². The molecule has 0 unspecified atom stereocenters. The van der Waals surface area contributed by atoms with Gasteiger partial charge in [-0.15, -0.1) is 0 Å². The average molecular weight is 589 g/mol. The van der Waals surface area contributed by atoms with Gasteiger partial charge in [-0.1, -0.05) is 72.8 Å². The van der Waals surface area contributed by atoms with Gasteiger partial charge in [0.15, 0.2) is 0 Å². The Kier molecular flexibility index (Phi) is 5.77. The first-order valence-electron chi connectivity index (χ1n) is 15.1. The summed E-state index contributed by atoms with van der Waals surface area (Å²) in [5.41, 5.74) is 9.55. The van der Waals surface area contributed by atoms with Crippen LogP contribution in [0.2, 0.25) is 0 Å². The molecule has 0 atom stereocenters. The lowest BCUT2D eigenvalue weighted by molar-refractivity contribution is 1.11.